The maximum Gasteiger partial charge on any atom is 0.225 e. The average molecular weight is 285 g/mol. The minimum Gasteiger partial charge on any atom is -0.395 e. The Bertz CT molecular complexity index is 406. The molecule has 2 N–H and O–H groups in total. The summed E-state index contributed by atoms with van der Waals surface area (Å²) in [5.74, 6) is 0.374. The lowest BCUT2D eigenvalue weighted by molar-refractivity contribution is -0.116. The number of aliphatic hydroxyl groups excluding tert-OH is 1. The van der Waals surface area contributed by atoms with Crippen molar-refractivity contribution in [2.45, 2.75) is 40.3 Å². The normalized spacial score (nSPS) is 12.7. The van der Waals surface area contributed by atoms with Gasteiger partial charge in [0.05, 0.1) is 12.3 Å². The van der Waals surface area contributed by atoms with E-state index in [1.807, 2.05) is 12.3 Å². The third-order valence-corrected chi connectivity index (χ3v) is 3.93. The van der Waals surface area contributed by atoms with Crippen LogP contribution in [0.2, 0.25) is 0 Å². The topological polar surface area (TPSA) is 65.5 Å². The second-order valence-corrected chi connectivity index (χ2v) is 5.64. The van der Waals surface area contributed by atoms with Crippen LogP contribution in [-0.4, -0.2) is 35.2 Å². The van der Waals surface area contributed by atoms with Gasteiger partial charge in [-0.1, -0.05) is 13.8 Å². The van der Waals surface area contributed by atoms with E-state index in [0.29, 0.717) is 19.0 Å². The molecule has 5 nitrogen and oxygen atoms in total. The highest BCUT2D eigenvalue weighted by Gasteiger charge is 2.15. The molecule has 0 unspecified atom stereocenters. The van der Waals surface area contributed by atoms with Crippen LogP contribution in [-0.2, 0) is 11.3 Å². The number of amides is 1. The first-order chi connectivity index (χ1) is 8.99. The largest absolute Gasteiger partial charge is 0.395 e. The summed E-state index contributed by atoms with van der Waals surface area (Å²) in [6, 6.07) is 0.0697. The molecule has 6 heteroatoms. The molecular formula is C13H23N3O2S. The van der Waals surface area contributed by atoms with Gasteiger partial charge in [-0.2, -0.15) is 0 Å². The van der Waals surface area contributed by atoms with Gasteiger partial charge in [-0.25, -0.2) is 4.98 Å². The van der Waals surface area contributed by atoms with E-state index in [1.54, 1.807) is 11.8 Å². The number of hydrogen-bond acceptors (Lipinski definition) is 5. The Hall–Kier alpha value is -0.980. The summed E-state index contributed by atoms with van der Waals surface area (Å²) < 4.78 is 0. The van der Waals surface area contributed by atoms with Crippen LogP contribution in [0.15, 0.2) is 5.38 Å². The lowest BCUT2D eigenvalue weighted by Crippen LogP contribution is -2.36. The molecule has 0 aromatic carbocycles. The van der Waals surface area contributed by atoms with E-state index in [0.717, 1.165) is 10.8 Å². The molecule has 19 heavy (non-hydrogen) atoms. The van der Waals surface area contributed by atoms with Crippen molar-refractivity contribution in [2.75, 3.05) is 18.1 Å². The standard InChI is InChI=1S/C13H23N3O2S/c1-5-16(10(4)18)13-15-11(8-19-13)6-14-12(7-17)9(2)3/h8-9,12,14,17H,5-7H2,1-4H3/t12-/m1/s1. The average Bonchev–Trinajstić information content (AvgIpc) is 2.78. The molecule has 0 radical (unpaired) electrons. The van der Waals surface area contributed by atoms with Gasteiger partial charge in [-0.05, 0) is 12.8 Å². The first-order valence-electron chi connectivity index (χ1n) is 6.56. The van der Waals surface area contributed by atoms with Gasteiger partial charge in [0.25, 0.3) is 0 Å². The van der Waals surface area contributed by atoms with Crippen LogP contribution >= 0.6 is 11.3 Å². The molecule has 0 aliphatic heterocycles. The third-order valence-electron chi connectivity index (χ3n) is 3.01. The number of hydrogen-bond donors (Lipinski definition) is 2. The van der Waals surface area contributed by atoms with E-state index >= 15 is 0 Å². The molecule has 1 amide bonds. The van der Waals surface area contributed by atoms with Crippen molar-refractivity contribution in [1.82, 2.24) is 10.3 Å². The Labute approximate surface area is 118 Å². The minimum atomic E-state index is 0.00627. The van der Waals surface area contributed by atoms with E-state index < -0.39 is 0 Å². The summed E-state index contributed by atoms with van der Waals surface area (Å²) >= 11 is 1.47. The Morgan fingerprint density at radius 1 is 1.58 bits per heavy atom. The van der Waals surface area contributed by atoms with Gasteiger partial charge >= 0.3 is 0 Å². The summed E-state index contributed by atoms with van der Waals surface area (Å²) in [5, 5.41) is 15.2. The lowest BCUT2D eigenvalue weighted by Gasteiger charge is -2.19. The molecule has 1 aromatic rings. The summed E-state index contributed by atoms with van der Waals surface area (Å²) in [4.78, 5) is 17.5. The van der Waals surface area contributed by atoms with Crippen molar-refractivity contribution in [2.24, 2.45) is 5.92 Å². The molecular weight excluding hydrogens is 262 g/mol. The highest BCUT2D eigenvalue weighted by Crippen LogP contribution is 2.20. The van der Waals surface area contributed by atoms with Crippen molar-refractivity contribution in [1.29, 1.82) is 0 Å². The smallest absolute Gasteiger partial charge is 0.225 e. The Morgan fingerprint density at radius 2 is 2.26 bits per heavy atom. The zero-order chi connectivity index (χ0) is 14.4. The summed E-state index contributed by atoms with van der Waals surface area (Å²) in [7, 11) is 0. The number of aromatic nitrogens is 1. The van der Waals surface area contributed by atoms with Crippen LogP contribution in [0, 0.1) is 5.92 Å². The highest BCUT2D eigenvalue weighted by atomic mass is 32.1. The van der Waals surface area contributed by atoms with E-state index in [-0.39, 0.29) is 18.6 Å². The number of nitrogens with zero attached hydrogens (tertiary/aromatic N) is 2. The first kappa shape index (κ1) is 16.1. The molecule has 1 aromatic heterocycles. The molecule has 0 aliphatic carbocycles. The lowest BCUT2D eigenvalue weighted by atomic mass is 10.1. The molecule has 0 saturated heterocycles. The summed E-state index contributed by atoms with van der Waals surface area (Å²) in [5.41, 5.74) is 0.902. The van der Waals surface area contributed by atoms with E-state index in [2.05, 4.69) is 24.1 Å². The van der Waals surface area contributed by atoms with Crippen LogP contribution in [0.3, 0.4) is 0 Å². The van der Waals surface area contributed by atoms with Gasteiger partial charge in [0.2, 0.25) is 5.91 Å². The van der Waals surface area contributed by atoms with Gasteiger partial charge in [0, 0.05) is 31.4 Å². The molecule has 1 heterocycles. The van der Waals surface area contributed by atoms with Crippen LogP contribution in [0.5, 0.6) is 0 Å². The van der Waals surface area contributed by atoms with E-state index in [9.17, 15) is 9.90 Å². The van der Waals surface area contributed by atoms with Crippen molar-refractivity contribution >= 4 is 22.4 Å². The predicted octanol–water partition coefficient (Wildman–Crippen LogP) is 1.62. The number of carbonyl (C=O) groups excluding carboxylic acids is 1. The van der Waals surface area contributed by atoms with Gasteiger partial charge in [0.15, 0.2) is 5.13 Å². The number of aliphatic hydroxyl groups is 1. The van der Waals surface area contributed by atoms with Gasteiger partial charge in [-0.15, -0.1) is 11.3 Å². The Morgan fingerprint density at radius 3 is 2.74 bits per heavy atom. The first-order valence-corrected chi connectivity index (χ1v) is 7.44. The summed E-state index contributed by atoms with van der Waals surface area (Å²) in [6.07, 6.45) is 0. The van der Waals surface area contributed by atoms with Crippen LogP contribution in [0.1, 0.15) is 33.4 Å². The third kappa shape index (κ3) is 4.56. The van der Waals surface area contributed by atoms with Crippen molar-refractivity contribution < 1.29 is 9.90 Å². The van der Waals surface area contributed by atoms with Crippen molar-refractivity contribution in [3.8, 4) is 0 Å². The van der Waals surface area contributed by atoms with Crippen LogP contribution in [0.25, 0.3) is 0 Å². The Kier molecular flexibility index (Phi) is 6.41. The molecule has 1 rings (SSSR count). The fourth-order valence-corrected chi connectivity index (χ4v) is 2.67. The van der Waals surface area contributed by atoms with Crippen LogP contribution < -0.4 is 10.2 Å². The Balaban J connectivity index is 2.62. The van der Waals surface area contributed by atoms with Crippen molar-refractivity contribution in [3.63, 3.8) is 0 Å². The predicted molar refractivity (Wildman–Crippen MR) is 78.4 cm³/mol. The quantitative estimate of drug-likeness (QED) is 0.799. The molecule has 108 valence electrons. The van der Waals surface area contributed by atoms with Gasteiger partial charge < -0.3 is 10.4 Å². The zero-order valence-corrected chi connectivity index (χ0v) is 12.8. The monoisotopic (exact) mass is 285 g/mol. The number of carbonyl (C=O) groups is 1. The van der Waals surface area contributed by atoms with Crippen LogP contribution in [0.4, 0.5) is 5.13 Å². The number of rotatable bonds is 7. The highest BCUT2D eigenvalue weighted by molar-refractivity contribution is 7.14. The van der Waals surface area contributed by atoms with Gasteiger partial charge in [0.1, 0.15) is 0 Å². The van der Waals surface area contributed by atoms with E-state index in [4.69, 9.17) is 0 Å². The molecule has 1 atom stereocenters. The number of anilines is 1. The van der Waals surface area contributed by atoms with E-state index in [1.165, 1.54) is 11.3 Å². The summed E-state index contributed by atoms with van der Waals surface area (Å²) in [6.45, 7) is 8.95. The molecule has 0 bridgehead atoms. The fraction of sp³-hybridized carbons (Fsp3) is 0.692. The molecule has 0 fully saturated rings. The molecule has 0 spiro atoms. The van der Waals surface area contributed by atoms with Gasteiger partial charge in [-0.3, -0.25) is 9.69 Å². The SMILES string of the molecule is CCN(C(C)=O)c1nc(CN[C@H](CO)C(C)C)cs1. The second-order valence-electron chi connectivity index (χ2n) is 4.80. The minimum absolute atomic E-state index is 0.00627. The zero-order valence-electron chi connectivity index (χ0n) is 12.0. The molecule has 0 saturated carbocycles. The van der Waals surface area contributed by atoms with Crippen molar-refractivity contribution in [3.05, 3.63) is 11.1 Å². The fourth-order valence-electron chi connectivity index (χ4n) is 1.74. The second kappa shape index (κ2) is 7.57. The maximum absolute atomic E-state index is 11.4. The number of nitrogens with one attached hydrogen (secondary N) is 1. The maximum atomic E-state index is 11.4. The number of thiazole rings is 1. The molecule has 0 aliphatic rings.